The lowest BCUT2D eigenvalue weighted by atomic mass is 10.0. The number of aliphatic hydroxyl groups excluding tert-OH is 2. The third-order valence-electron chi connectivity index (χ3n) is 11.1. The molecule has 0 fully saturated rings. The molecule has 0 aromatic heterocycles. The molecule has 4 nitrogen and oxygen atoms in total. The van der Waals surface area contributed by atoms with Crippen molar-refractivity contribution in [2.24, 2.45) is 0 Å². The van der Waals surface area contributed by atoms with Gasteiger partial charge >= 0.3 is 0 Å². The van der Waals surface area contributed by atoms with Crippen molar-refractivity contribution < 1.29 is 15.0 Å². The number of carbonyl (C=O) groups excluding carboxylic acids is 1. The first kappa shape index (κ1) is 56.6. The van der Waals surface area contributed by atoms with E-state index < -0.39 is 12.1 Å². The molecule has 0 aliphatic heterocycles. The maximum atomic E-state index is 12.4. The molecule has 0 spiro atoms. The summed E-state index contributed by atoms with van der Waals surface area (Å²) in [7, 11) is 0. The number of amides is 1. The fraction of sp³-hybridized carbons (Fsp3) is 0.727. The first-order chi connectivity index (χ1) is 29.2. The van der Waals surface area contributed by atoms with Gasteiger partial charge in [0.15, 0.2) is 0 Å². The van der Waals surface area contributed by atoms with Gasteiger partial charge in [-0.15, -0.1) is 0 Å². The van der Waals surface area contributed by atoms with E-state index in [9.17, 15) is 15.0 Å². The molecule has 340 valence electrons. The van der Waals surface area contributed by atoms with Crippen molar-refractivity contribution in [3.05, 3.63) is 85.1 Å². The molecule has 1 amide bonds. The fourth-order valence-corrected chi connectivity index (χ4v) is 7.30. The van der Waals surface area contributed by atoms with E-state index in [1.807, 2.05) is 6.08 Å². The molecule has 0 aliphatic rings. The molecule has 0 saturated carbocycles. The summed E-state index contributed by atoms with van der Waals surface area (Å²) in [6, 6.07) is -0.622. The number of unbranched alkanes of at least 4 members (excludes halogenated alkanes) is 26. The van der Waals surface area contributed by atoms with Crippen LogP contribution in [-0.2, 0) is 4.79 Å². The van der Waals surface area contributed by atoms with E-state index in [2.05, 4.69) is 92.1 Å². The molecular weight excluding hydrogens is 723 g/mol. The van der Waals surface area contributed by atoms with Crippen LogP contribution in [0.5, 0.6) is 0 Å². The van der Waals surface area contributed by atoms with Gasteiger partial charge in [0.25, 0.3) is 0 Å². The highest BCUT2D eigenvalue weighted by molar-refractivity contribution is 5.76. The van der Waals surface area contributed by atoms with Crippen LogP contribution in [0.2, 0.25) is 0 Å². The number of nitrogens with one attached hydrogen (secondary N) is 1. The fourth-order valence-electron chi connectivity index (χ4n) is 7.30. The van der Waals surface area contributed by atoms with Gasteiger partial charge in [-0.05, 0) is 70.6 Å². The normalized spacial score (nSPS) is 13.6. The summed E-state index contributed by atoms with van der Waals surface area (Å²) in [6.07, 6.45) is 73.0. The number of carbonyl (C=O) groups is 1. The Morgan fingerprint density at radius 1 is 0.424 bits per heavy atom. The van der Waals surface area contributed by atoms with E-state index in [4.69, 9.17) is 0 Å². The van der Waals surface area contributed by atoms with E-state index in [0.29, 0.717) is 6.42 Å². The van der Waals surface area contributed by atoms with Crippen LogP contribution in [0.25, 0.3) is 0 Å². The van der Waals surface area contributed by atoms with Crippen molar-refractivity contribution in [2.75, 3.05) is 6.61 Å². The number of hydrogen-bond donors (Lipinski definition) is 3. The maximum absolute atomic E-state index is 12.4. The van der Waals surface area contributed by atoms with Gasteiger partial charge in [-0.2, -0.15) is 0 Å². The first-order valence-corrected chi connectivity index (χ1v) is 25.3. The van der Waals surface area contributed by atoms with Gasteiger partial charge in [0.05, 0.1) is 18.8 Å². The van der Waals surface area contributed by atoms with Crippen molar-refractivity contribution in [2.45, 2.75) is 251 Å². The molecule has 0 radical (unpaired) electrons. The average molecular weight is 820 g/mol. The lowest BCUT2D eigenvalue weighted by molar-refractivity contribution is -0.123. The Bertz CT molecular complexity index is 1070. The highest BCUT2D eigenvalue weighted by Gasteiger charge is 2.18. The van der Waals surface area contributed by atoms with Gasteiger partial charge in [0.2, 0.25) is 5.91 Å². The lowest BCUT2D eigenvalue weighted by Crippen LogP contribution is -2.45. The summed E-state index contributed by atoms with van der Waals surface area (Å²) in [4.78, 5) is 12.4. The number of aliphatic hydroxyl groups is 2. The Hall–Kier alpha value is -2.43. The standard InChI is InChI=1S/C55H97NO3/c1-3-5-7-9-11-13-15-16-17-18-19-20-21-22-23-24-25-26-27-28-29-30-31-32-33-34-35-36-37-38-39-40-41-43-45-47-49-51-55(59)56-53(52-57)54(58)50-48-46-44-42-14-12-10-8-6-4-2/h5,7,11,13,16-17,19-20,22-23,25-26,48,50,53-54,57-58H,3-4,6,8-10,12,14-15,18,21,24,27-47,49,51-52H2,1-2H3,(H,56,59)/b7-5-,13-11-,17-16-,20-19-,23-22-,26-25-,50-48+. The smallest absolute Gasteiger partial charge is 0.220 e. The Morgan fingerprint density at radius 3 is 1.12 bits per heavy atom. The van der Waals surface area contributed by atoms with Crippen LogP contribution in [0.15, 0.2) is 85.1 Å². The van der Waals surface area contributed by atoms with Crippen LogP contribution in [-0.4, -0.2) is 34.9 Å². The Labute approximate surface area is 367 Å². The Kier molecular flexibility index (Phi) is 47.9. The minimum Gasteiger partial charge on any atom is -0.394 e. The summed E-state index contributed by atoms with van der Waals surface area (Å²) in [5.74, 6) is -0.0667. The molecule has 59 heavy (non-hydrogen) atoms. The molecule has 0 aliphatic carbocycles. The monoisotopic (exact) mass is 820 g/mol. The van der Waals surface area contributed by atoms with Gasteiger partial charge in [0.1, 0.15) is 0 Å². The zero-order valence-corrected chi connectivity index (χ0v) is 39.0. The van der Waals surface area contributed by atoms with E-state index in [1.54, 1.807) is 6.08 Å². The molecule has 0 bridgehead atoms. The van der Waals surface area contributed by atoms with Crippen LogP contribution in [0.1, 0.15) is 239 Å². The second-order valence-electron chi connectivity index (χ2n) is 16.9. The molecule has 0 aromatic rings. The van der Waals surface area contributed by atoms with Crippen molar-refractivity contribution in [3.63, 3.8) is 0 Å². The maximum Gasteiger partial charge on any atom is 0.220 e. The van der Waals surface area contributed by atoms with Gasteiger partial charge in [-0.1, -0.05) is 247 Å². The molecule has 2 atom stereocenters. The average Bonchev–Trinajstić information content (AvgIpc) is 3.24. The third kappa shape index (κ3) is 46.5. The van der Waals surface area contributed by atoms with Gasteiger partial charge < -0.3 is 15.5 Å². The SMILES string of the molecule is CC/C=C\C/C=C\C/C=C\C/C=C\C/C=C\C/C=C\CCCCCCCCCCCCCCCCCCCCC(=O)NC(CO)C(O)/C=C/CCCCCCCCCC. The zero-order valence-electron chi connectivity index (χ0n) is 39.0. The summed E-state index contributed by atoms with van der Waals surface area (Å²) < 4.78 is 0. The van der Waals surface area contributed by atoms with Gasteiger partial charge in [-0.25, -0.2) is 0 Å². The molecule has 0 aromatic carbocycles. The van der Waals surface area contributed by atoms with Crippen LogP contribution >= 0.6 is 0 Å². The summed E-state index contributed by atoms with van der Waals surface area (Å²) in [5, 5.41) is 22.9. The number of rotatable bonds is 45. The molecule has 0 heterocycles. The van der Waals surface area contributed by atoms with Crippen LogP contribution < -0.4 is 5.32 Å². The van der Waals surface area contributed by atoms with Gasteiger partial charge in [-0.3, -0.25) is 4.79 Å². The van der Waals surface area contributed by atoms with Crippen LogP contribution in [0.3, 0.4) is 0 Å². The minimum atomic E-state index is -0.839. The molecular formula is C55H97NO3. The first-order valence-electron chi connectivity index (χ1n) is 25.3. The summed E-state index contributed by atoms with van der Waals surface area (Å²) in [6.45, 7) is 4.17. The highest BCUT2D eigenvalue weighted by Crippen LogP contribution is 2.16. The van der Waals surface area contributed by atoms with E-state index in [0.717, 1.165) is 64.2 Å². The predicted molar refractivity (Wildman–Crippen MR) is 262 cm³/mol. The molecule has 4 heteroatoms. The van der Waals surface area contributed by atoms with E-state index >= 15 is 0 Å². The van der Waals surface area contributed by atoms with Crippen molar-refractivity contribution in [3.8, 4) is 0 Å². The van der Waals surface area contributed by atoms with Crippen molar-refractivity contribution in [1.29, 1.82) is 0 Å². The van der Waals surface area contributed by atoms with E-state index in [-0.39, 0.29) is 12.5 Å². The molecule has 0 saturated heterocycles. The van der Waals surface area contributed by atoms with Crippen molar-refractivity contribution in [1.82, 2.24) is 5.32 Å². The largest absolute Gasteiger partial charge is 0.394 e. The summed E-state index contributed by atoms with van der Waals surface area (Å²) in [5.41, 5.74) is 0. The quantitative estimate of drug-likeness (QED) is 0.0423. The number of hydrogen-bond acceptors (Lipinski definition) is 3. The Morgan fingerprint density at radius 2 is 0.746 bits per heavy atom. The second-order valence-corrected chi connectivity index (χ2v) is 16.9. The molecule has 0 rings (SSSR count). The van der Waals surface area contributed by atoms with Crippen LogP contribution in [0.4, 0.5) is 0 Å². The zero-order chi connectivity index (χ0) is 42.8. The highest BCUT2D eigenvalue weighted by atomic mass is 16.3. The third-order valence-corrected chi connectivity index (χ3v) is 11.1. The second kappa shape index (κ2) is 49.9. The van der Waals surface area contributed by atoms with E-state index in [1.165, 1.54) is 154 Å². The predicted octanol–water partition coefficient (Wildman–Crippen LogP) is 16.4. The minimum absolute atomic E-state index is 0.0667. The lowest BCUT2D eigenvalue weighted by Gasteiger charge is -2.20. The summed E-state index contributed by atoms with van der Waals surface area (Å²) >= 11 is 0. The number of allylic oxidation sites excluding steroid dienone is 13. The van der Waals surface area contributed by atoms with Crippen molar-refractivity contribution >= 4 is 5.91 Å². The molecule has 2 unspecified atom stereocenters. The van der Waals surface area contributed by atoms with Crippen LogP contribution in [0, 0.1) is 0 Å². The Balaban J connectivity index is 3.46. The molecule has 3 N–H and O–H groups in total. The topological polar surface area (TPSA) is 69.6 Å². The van der Waals surface area contributed by atoms with Gasteiger partial charge in [0, 0.05) is 6.42 Å².